The number of aromatic nitrogens is 1. The Hall–Kier alpha value is -1.29. The summed E-state index contributed by atoms with van der Waals surface area (Å²) < 4.78 is 5.78. The van der Waals surface area contributed by atoms with Gasteiger partial charge < -0.3 is 15.8 Å². The van der Waals surface area contributed by atoms with Crippen molar-refractivity contribution >= 4 is 5.82 Å². The highest BCUT2D eigenvalue weighted by molar-refractivity contribution is 5.38. The van der Waals surface area contributed by atoms with Crippen molar-refractivity contribution < 1.29 is 4.74 Å². The van der Waals surface area contributed by atoms with Crippen molar-refractivity contribution in [3.8, 4) is 5.75 Å². The van der Waals surface area contributed by atoms with Crippen LogP contribution in [0.3, 0.4) is 0 Å². The van der Waals surface area contributed by atoms with Gasteiger partial charge in [0.25, 0.3) is 0 Å². The standard InChI is InChI=1S/C10H15N3O/c1-2-7-5-12-6-8-9(14-7)3-4-10(11)13-8/h3-4,7,12H,2,5-6H2,1H3,(H2,11,13)/t7-/m1/s1. The number of anilines is 1. The van der Waals surface area contributed by atoms with E-state index < -0.39 is 0 Å². The highest BCUT2D eigenvalue weighted by atomic mass is 16.5. The van der Waals surface area contributed by atoms with Crippen molar-refractivity contribution in [3.05, 3.63) is 17.8 Å². The first-order chi connectivity index (χ1) is 6.79. The molecule has 1 aromatic heterocycles. The molecule has 2 rings (SSSR count). The van der Waals surface area contributed by atoms with E-state index in [4.69, 9.17) is 10.5 Å². The molecule has 4 nitrogen and oxygen atoms in total. The first kappa shape index (κ1) is 9.27. The Kier molecular flexibility index (Phi) is 2.54. The van der Waals surface area contributed by atoms with Crippen molar-refractivity contribution in [1.82, 2.24) is 10.3 Å². The summed E-state index contributed by atoms with van der Waals surface area (Å²) >= 11 is 0. The molecule has 4 heteroatoms. The van der Waals surface area contributed by atoms with Gasteiger partial charge in [0.05, 0.1) is 5.69 Å². The molecule has 0 bridgehead atoms. The fourth-order valence-corrected chi connectivity index (χ4v) is 1.54. The number of hydrogen-bond acceptors (Lipinski definition) is 4. The van der Waals surface area contributed by atoms with Gasteiger partial charge in [-0.05, 0) is 18.6 Å². The van der Waals surface area contributed by atoms with E-state index in [1.54, 1.807) is 6.07 Å². The van der Waals surface area contributed by atoms with Crippen molar-refractivity contribution in [2.24, 2.45) is 0 Å². The molecule has 76 valence electrons. The van der Waals surface area contributed by atoms with Crippen LogP contribution in [-0.2, 0) is 6.54 Å². The Morgan fingerprint density at radius 1 is 1.64 bits per heavy atom. The Labute approximate surface area is 83.5 Å². The number of nitrogen functional groups attached to an aromatic ring is 1. The highest BCUT2D eigenvalue weighted by Gasteiger charge is 2.16. The van der Waals surface area contributed by atoms with Crippen molar-refractivity contribution in [3.63, 3.8) is 0 Å². The van der Waals surface area contributed by atoms with Crippen LogP contribution < -0.4 is 15.8 Å². The molecule has 0 saturated carbocycles. The minimum atomic E-state index is 0.238. The maximum atomic E-state index is 5.78. The minimum absolute atomic E-state index is 0.238. The van der Waals surface area contributed by atoms with E-state index in [0.717, 1.165) is 31.0 Å². The lowest BCUT2D eigenvalue weighted by Gasteiger charge is -2.14. The third-order valence-corrected chi connectivity index (χ3v) is 2.37. The van der Waals surface area contributed by atoms with Crippen LogP contribution in [0.1, 0.15) is 19.0 Å². The number of rotatable bonds is 1. The average Bonchev–Trinajstić information content (AvgIpc) is 2.38. The number of nitrogens with zero attached hydrogens (tertiary/aromatic N) is 1. The van der Waals surface area contributed by atoms with Gasteiger partial charge in [-0.3, -0.25) is 0 Å². The van der Waals surface area contributed by atoms with Crippen LogP contribution in [0.15, 0.2) is 12.1 Å². The summed E-state index contributed by atoms with van der Waals surface area (Å²) in [5, 5.41) is 3.29. The predicted molar refractivity (Wildman–Crippen MR) is 55.1 cm³/mol. The fraction of sp³-hybridized carbons (Fsp3) is 0.500. The summed E-state index contributed by atoms with van der Waals surface area (Å²) in [5.41, 5.74) is 6.51. The molecule has 0 spiro atoms. The maximum Gasteiger partial charge on any atom is 0.142 e. The minimum Gasteiger partial charge on any atom is -0.487 e. The van der Waals surface area contributed by atoms with Crippen molar-refractivity contribution in [2.75, 3.05) is 12.3 Å². The van der Waals surface area contributed by atoms with Crippen LogP contribution >= 0.6 is 0 Å². The lowest BCUT2D eigenvalue weighted by molar-refractivity contribution is 0.201. The average molecular weight is 193 g/mol. The number of nitrogens with one attached hydrogen (secondary N) is 1. The molecule has 1 aliphatic heterocycles. The molecule has 0 unspecified atom stereocenters. The largest absolute Gasteiger partial charge is 0.487 e. The zero-order chi connectivity index (χ0) is 9.97. The van der Waals surface area contributed by atoms with E-state index in [1.807, 2.05) is 6.07 Å². The number of pyridine rings is 1. The Balaban J connectivity index is 2.27. The summed E-state index contributed by atoms with van der Waals surface area (Å²) in [5.74, 6) is 1.40. The first-order valence-electron chi connectivity index (χ1n) is 4.92. The SMILES string of the molecule is CC[C@@H]1CNCc2nc(N)ccc2O1. The molecular weight excluding hydrogens is 178 g/mol. The van der Waals surface area contributed by atoms with Gasteiger partial charge in [0.15, 0.2) is 0 Å². The zero-order valence-corrected chi connectivity index (χ0v) is 8.29. The Morgan fingerprint density at radius 3 is 3.29 bits per heavy atom. The van der Waals surface area contributed by atoms with Gasteiger partial charge >= 0.3 is 0 Å². The number of ether oxygens (including phenoxy) is 1. The van der Waals surface area contributed by atoms with Crippen LogP contribution in [0.25, 0.3) is 0 Å². The first-order valence-corrected chi connectivity index (χ1v) is 4.92. The van der Waals surface area contributed by atoms with E-state index in [-0.39, 0.29) is 6.10 Å². The van der Waals surface area contributed by atoms with Gasteiger partial charge in [-0.25, -0.2) is 4.98 Å². The maximum absolute atomic E-state index is 5.78. The van der Waals surface area contributed by atoms with E-state index in [1.165, 1.54) is 0 Å². The second-order valence-electron chi connectivity index (χ2n) is 3.46. The van der Waals surface area contributed by atoms with Crippen LogP contribution in [0, 0.1) is 0 Å². The summed E-state index contributed by atoms with van der Waals surface area (Å²) in [6.45, 7) is 3.71. The second kappa shape index (κ2) is 3.84. The summed E-state index contributed by atoms with van der Waals surface area (Å²) in [4.78, 5) is 4.23. The van der Waals surface area contributed by atoms with Crippen LogP contribution in [0.5, 0.6) is 5.75 Å². The third kappa shape index (κ3) is 1.80. The summed E-state index contributed by atoms with van der Waals surface area (Å²) in [6, 6.07) is 3.67. The van der Waals surface area contributed by atoms with E-state index in [0.29, 0.717) is 5.82 Å². The molecule has 0 aliphatic carbocycles. The molecule has 0 radical (unpaired) electrons. The molecule has 1 aliphatic rings. The van der Waals surface area contributed by atoms with Crippen LogP contribution in [-0.4, -0.2) is 17.6 Å². The van der Waals surface area contributed by atoms with Gasteiger partial charge in [0.1, 0.15) is 17.7 Å². The highest BCUT2D eigenvalue weighted by Crippen LogP contribution is 2.21. The number of fused-ring (bicyclic) bond motifs is 1. The quantitative estimate of drug-likeness (QED) is 0.696. The monoisotopic (exact) mass is 193 g/mol. The lowest BCUT2D eigenvalue weighted by Crippen LogP contribution is -2.27. The molecule has 0 fully saturated rings. The molecule has 0 saturated heterocycles. The van der Waals surface area contributed by atoms with Crippen molar-refractivity contribution in [2.45, 2.75) is 26.0 Å². The molecular formula is C10H15N3O. The van der Waals surface area contributed by atoms with Gasteiger partial charge in [-0.1, -0.05) is 6.92 Å². The second-order valence-corrected chi connectivity index (χ2v) is 3.46. The van der Waals surface area contributed by atoms with Gasteiger partial charge in [0, 0.05) is 13.1 Å². The van der Waals surface area contributed by atoms with Gasteiger partial charge in [-0.15, -0.1) is 0 Å². The predicted octanol–water partition coefficient (Wildman–Crippen LogP) is 0.924. The van der Waals surface area contributed by atoms with Crippen molar-refractivity contribution in [1.29, 1.82) is 0 Å². The molecule has 0 amide bonds. The smallest absolute Gasteiger partial charge is 0.142 e. The molecule has 3 N–H and O–H groups in total. The Bertz CT molecular complexity index is 327. The molecule has 2 heterocycles. The number of hydrogen-bond donors (Lipinski definition) is 2. The van der Waals surface area contributed by atoms with E-state index in [2.05, 4.69) is 17.2 Å². The normalized spacial score (nSPS) is 20.8. The molecule has 1 aromatic rings. The topological polar surface area (TPSA) is 60.2 Å². The molecule has 1 atom stereocenters. The van der Waals surface area contributed by atoms with Gasteiger partial charge in [0.2, 0.25) is 0 Å². The summed E-state index contributed by atoms with van der Waals surface area (Å²) in [7, 11) is 0. The number of nitrogens with two attached hydrogens (primary N) is 1. The molecule has 0 aromatic carbocycles. The third-order valence-electron chi connectivity index (χ3n) is 2.37. The fourth-order valence-electron chi connectivity index (χ4n) is 1.54. The van der Waals surface area contributed by atoms with Crippen LogP contribution in [0.4, 0.5) is 5.82 Å². The van der Waals surface area contributed by atoms with E-state index in [9.17, 15) is 0 Å². The van der Waals surface area contributed by atoms with Crippen LogP contribution in [0.2, 0.25) is 0 Å². The Morgan fingerprint density at radius 2 is 2.50 bits per heavy atom. The lowest BCUT2D eigenvalue weighted by atomic mass is 10.3. The summed E-state index contributed by atoms with van der Waals surface area (Å²) in [6.07, 6.45) is 1.23. The van der Waals surface area contributed by atoms with E-state index >= 15 is 0 Å². The molecule has 14 heavy (non-hydrogen) atoms. The van der Waals surface area contributed by atoms with Gasteiger partial charge in [-0.2, -0.15) is 0 Å². The zero-order valence-electron chi connectivity index (χ0n) is 8.29.